The van der Waals surface area contributed by atoms with Crippen LogP contribution >= 0.6 is 0 Å². The molecule has 1 unspecified atom stereocenters. The van der Waals surface area contributed by atoms with Crippen molar-refractivity contribution in [3.63, 3.8) is 0 Å². The first-order valence-electron chi connectivity index (χ1n) is 10.5. The van der Waals surface area contributed by atoms with Gasteiger partial charge in [-0.15, -0.1) is 0 Å². The van der Waals surface area contributed by atoms with E-state index in [4.69, 9.17) is 0 Å². The summed E-state index contributed by atoms with van der Waals surface area (Å²) in [6, 6.07) is 4.80. The normalized spacial score (nSPS) is 11.3. The predicted molar refractivity (Wildman–Crippen MR) is 124 cm³/mol. The van der Waals surface area contributed by atoms with Gasteiger partial charge in [0.1, 0.15) is 23.7 Å². The van der Waals surface area contributed by atoms with E-state index in [1.54, 1.807) is 18.3 Å². The molecule has 0 aliphatic heterocycles. The summed E-state index contributed by atoms with van der Waals surface area (Å²) in [5.41, 5.74) is -0.707. The smallest absolute Gasteiger partial charge is 0.287 e. The van der Waals surface area contributed by atoms with Crippen molar-refractivity contribution >= 4 is 46.3 Å². The number of Topliss-reactive ketones (excluding diaryl/α,β-unsaturated/α-hetero) is 1. The van der Waals surface area contributed by atoms with E-state index in [0.717, 1.165) is 4.57 Å². The maximum Gasteiger partial charge on any atom is 0.287 e. The van der Waals surface area contributed by atoms with E-state index in [0.29, 0.717) is 17.1 Å². The Hall–Kier alpha value is -4.74. The van der Waals surface area contributed by atoms with E-state index in [2.05, 4.69) is 25.9 Å². The third-order valence-electron chi connectivity index (χ3n) is 5.09. The lowest BCUT2D eigenvalue weighted by Gasteiger charge is -2.18. The van der Waals surface area contributed by atoms with Crippen molar-refractivity contribution in [2.45, 2.75) is 25.4 Å². The molecule has 3 amide bonds. The van der Waals surface area contributed by atoms with Crippen molar-refractivity contribution < 1.29 is 24.0 Å². The maximum absolute atomic E-state index is 13.0. The molecule has 180 valence electrons. The zero-order valence-corrected chi connectivity index (χ0v) is 18.7. The van der Waals surface area contributed by atoms with Crippen LogP contribution in [0.15, 0.2) is 53.8 Å². The second-order valence-electron chi connectivity index (χ2n) is 7.36. The fourth-order valence-electron chi connectivity index (χ4n) is 3.30. The number of pyridine rings is 3. The number of ketones is 1. The third-order valence-corrected chi connectivity index (χ3v) is 5.09. The molecule has 12 nitrogen and oxygen atoms in total. The third kappa shape index (κ3) is 5.99. The molecule has 0 saturated carbocycles. The van der Waals surface area contributed by atoms with E-state index in [1.807, 2.05) is 0 Å². The number of fused-ring (bicyclic) bond motifs is 1. The number of anilines is 1. The number of likely N-dealkylation sites (N-methyl/N-ethyl adjacent to an activating group) is 1. The van der Waals surface area contributed by atoms with Gasteiger partial charge in [0, 0.05) is 49.0 Å². The molecule has 0 spiro atoms. The van der Waals surface area contributed by atoms with Crippen molar-refractivity contribution in [2.24, 2.45) is 0 Å². The monoisotopic (exact) mass is 478 g/mol. The van der Waals surface area contributed by atoms with Crippen LogP contribution in [0.4, 0.5) is 5.69 Å². The quantitative estimate of drug-likeness (QED) is 0.266. The van der Waals surface area contributed by atoms with E-state index in [9.17, 15) is 28.8 Å². The van der Waals surface area contributed by atoms with Crippen LogP contribution in [0, 0.1) is 0 Å². The number of amides is 3. The highest BCUT2D eigenvalue weighted by atomic mass is 16.2. The topological polar surface area (TPSA) is 169 Å². The van der Waals surface area contributed by atoms with Gasteiger partial charge < -0.3 is 25.3 Å². The van der Waals surface area contributed by atoms with Crippen molar-refractivity contribution in [3.8, 4) is 0 Å². The standard InChI is InChI=1S/C23H22N6O6/c1-24-21(33)18(31)5-4-16(20(32)28-17-3-2-10-29(11-12-30)23(17)35)27-22(34)19-15-7-8-25-13-14(15)6-9-26-19/h2-3,6-10,12-13,16H,4-5,11H2,1H3,(H,24,33)(H,27,34)(H,28,32). The van der Waals surface area contributed by atoms with Gasteiger partial charge in [-0.3, -0.25) is 33.9 Å². The molecule has 1 atom stereocenters. The Kier molecular flexibility index (Phi) is 8.11. The Labute approximate surface area is 198 Å². The number of carbonyl (C=O) groups excluding carboxylic acids is 5. The van der Waals surface area contributed by atoms with Crippen molar-refractivity contribution in [1.29, 1.82) is 0 Å². The molecule has 0 bridgehead atoms. The number of hydrogen-bond donors (Lipinski definition) is 3. The lowest BCUT2D eigenvalue weighted by atomic mass is 10.1. The molecule has 3 aromatic heterocycles. The number of hydrogen-bond acceptors (Lipinski definition) is 8. The van der Waals surface area contributed by atoms with Crippen LogP contribution in [0.1, 0.15) is 23.3 Å². The van der Waals surface area contributed by atoms with Crippen molar-refractivity contribution in [3.05, 3.63) is 65.1 Å². The molecule has 0 saturated heterocycles. The lowest BCUT2D eigenvalue weighted by molar-refractivity contribution is -0.137. The summed E-state index contributed by atoms with van der Waals surface area (Å²) in [7, 11) is 1.30. The van der Waals surface area contributed by atoms with Crippen LogP contribution in [0.2, 0.25) is 0 Å². The summed E-state index contributed by atoms with van der Waals surface area (Å²) >= 11 is 0. The average molecular weight is 478 g/mol. The molecule has 12 heteroatoms. The fourth-order valence-corrected chi connectivity index (χ4v) is 3.30. The Morgan fingerprint density at radius 1 is 1.14 bits per heavy atom. The molecule has 3 heterocycles. The van der Waals surface area contributed by atoms with E-state index < -0.39 is 35.1 Å². The molecular weight excluding hydrogens is 456 g/mol. The minimum absolute atomic E-state index is 0.0355. The van der Waals surface area contributed by atoms with Crippen LogP contribution in [0.3, 0.4) is 0 Å². The number of rotatable bonds is 10. The molecule has 3 N–H and O–H groups in total. The van der Waals surface area contributed by atoms with Gasteiger partial charge in [0.05, 0.1) is 6.54 Å². The molecule has 3 rings (SSSR count). The van der Waals surface area contributed by atoms with Crippen molar-refractivity contribution in [1.82, 2.24) is 25.2 Å². The second-order valence-corrected chi connectivity index (χ2v) is 7.36. The van der Waals surface area contributed by atoms with Crippen LogP contribution in [0.5, 0.6) is 0 Å². The molecule has 0 aliphatic carbocycles. The summed E-state index contributed by atoms with van der Waals surface area (Å²) in [6.07, 6.45) is 5.83. The molecular formula is C23H22N6O6. The van der Waals surface area contributed by atoms with Crippen LogP contribution in [-0.2, 0) is 25.7 Å². The summed E-state index contributed by atoms with van der Waals surface area (Å²) in [5, 5.41) is 8.32. The summed E-state index contributed by atoms with van der Waals surface area (Å²) in [4.78, 5) is 81.0. The number of aromatic nitrogens is 3. The van der Waals surface area contributed by atoms with Gasteiger partial charge >= 0.3 is 0 Å². The zero-order valence-electron chi connectivity index (χ0n) is 18.7. The highest BCUT2D eigenvalue weighted by molar-refractivity contribution is 6.36. The van der Waals surface area contributed by atoms with Crippen LogP contribution in [0.25, 0.3) is 10.8 Å². The number of nitrogens with zero attached hydrogens (tertiary/aromatic N) is 3. The summed E-state index contributed by atoms with van der Waals surface area (Å²) in [6.45, 7) is -0.203. The number of carbonyl (C=O) groups is 5. The van der Waals surface area contributed by atoms with Crippen molar-refractivity contribution in [2.75, 3.05) is 12.4 Å². The fraction of sp³-hybridized carbons (Fsp3) is 0.217. The Morgan fingerprint density at radius 3 is 2.69 bits per heavy atom. The lowest BCUT2D eigenvalue weighted by Crippen LogP contribution is -2.45. The van der Waals surface area contributed by atoms with E-state index >= 15 is 0 Å². The SMILES string of the molecule is CNC(=O)C(=O)CCC(NC(=O)c1nccc2cnccc12)C(=O)Nc1cccn(CC=O)c1=O. The molecule has 0 aliphatic rings. The zero-order chi connectivity index (χ0) is 25.4. The molecule has 0 radical (unpaired) electrons. The molecule has 3 aromatic rings. The molecule has 0 fully saturated rings. The highest BCUT2D eigenvalue weighted by Crippen LogP contribution is 2.15. The average Bonchev–Trinajstić information content (AvgIpc) is 2.87. The van der Waals surface area contributed by atoms with Gasteiger partial charge in [-0.1, -0.05) is 0 Å². The Balaban J connectivity index is 1.86. The van der Waals surface area contributed by atoms with Crippen LogP contribution in [-0.4, -0.2) is 57.4 Å². The predicted octanol–water partition coefficient (Wildman–Crippen LogP) is -0.177. The van der Waals surface area contributed by atoms with Gasteiger partial charge in [-0.25, -0.2) is 0 Å². The number of aldehydes is 1. The second kappa shape index (κ2) is 11.4. The van der Waals surface area contributed by atoms with Crippen LogP contribution < -0.4 is 21.5 Å². The van der Waals surface area contributed by atoms with Gasteiger partial charge in [0.2, 0.25) is 11.7 Å². The Bertz CT molecular complexity index is 1350. The molecule has 0 aromatic carbocycles. The summed E-state index contributed by atoms with van der Waals surface area (Å²) in [5.74, 6) is -3.09. The van der Waals surface area contributed by atoms with Gasteiger partial charge in [0.15, 0.2) is 0 Å². The summed E-state index contributed by atoms with van der Waals surface area (Å²) < 4.78 is 1.10. The van der Waals surface area contributed by atoms with Gasteiger partial charge in [0.25, 0.3) is 17.4 Å². The van der Waals surface area contributed by atoms with E-state index in [-0.39, 0.29) is 30.8 Å². The van der Waals surface area contributed by atoms with Gasteiger partial charge in [-0.05, 0) is 30.7 Å². The van der Waals surface area contributed by atoms with E-state index in [1.165, 1.54) is 37.8 Å². The molecule has 35 heavy (non-hydrogen) atoms. The minimum atomic E-state index is -1.28. The highest BCUT2D eigenvalue weighted by Gasteiger charge is 2.26. The maximum atomic E-state index is 13.0. The Morgan fingerprint density at radius 2 is 1.94 bits per heavy atom. The largest absolute Gasteiger partial charge is 0.353 e. The first-order chi connectivity index (χ1) is 16.8. The minimum Gasteiger partial charge on any atom is -0.353 e. The van der Waals surface area contributed by atoms with Gasteiger partial charge in [-0.2, -0.15) is 0 Å². The first kappa shape index (κ1) is 24.9. The number of nitrogens with one attached hydrogen (secondary N) is 3. The first-order valence-corrected chi connectivity index (χ1v) is 10.5.